The lowest BCUT2D eigenvalue weighted by atomic mass is 10.1. The predicted octanol–water partition coefficient (Wildman–Crippen LogP) is 0.673. The molecule has 1 fully saturated rings. The fourth-order valence-electron chi connectivity index (χ4n) is 1.96. The number of epoxide rings is 1. The molecule has 1 aromatic carbocycles. The molecule has 3 aliphatic rings. The molecule has 0 aliphatic carbocycles. The molecule has 2 unspecified atom stereocenters. The standard InChI is InChI=1S/C12H8N2O3/c15-9-7-5-6-3-1-2-4-8(6)16-10(7)14-12-11(13-9)17-12/h1-5,11-12H,(H,13,15). The van der Waals surface area contributed by atoms with Gasteiger partial charge in [-0.1, -0.05) is 18.2 Å². The smallest absolute Gasteiger partial charge is 0.258 e. The van der Waals surface area contributed by atoms with E-state index in [1.165, 1.54) is 0 Å². The predicted molar refractivity (Wildman–Crippen MR) is 59.3 cm³/mol. The largest absolute Gasteiger partial charge is 0.438 e. The van der Waals surface area contributed by atoms with Crippen molar-refractivity contribution in [3.8, 4) is 5.75 Å². The van der Waals surface area contributed by atoms with E-state index < -0.39 is 0 Å². The van der Waals surface area contributed by atoms with Crippen LogP contribution in [0, 0.1) is 0 Å². The third kappa shape index (κ3) is 1.29. The quantitative estimate of drug-likeness (QED) is 0.664. The summed E-state index contributed by atoms with van der Waals surface area (Å²) < 4.78 is 10.8. The number of amides is 1. The van der Waals surface area contributed by atoms with Gasteiger partial charge in [0, 0.05) is 5.56 Å². The molecular formula is C12H8N2O3. The van der Waals surface area contributed by atoms with Crippen LogP contribution in [-0.2, 0) is 9.53 Å². The molecule has 4 rings (SSSR count). The van der Waals surface area contributed by atoms with Crippen LogP contribution >= 0.6 is 0 Å². The molecule has 5 nitrogen and oxygen atoms in total. The third-order valence-corrected chi connectivity index (χ3v) is 2.89. The summed E-state index contributed by atoms with van der Waals surface area (Å²) in [6.45, 7) is 0. The molecule has 1 N–H and O–H groups in total. The van der Waals surface area contributed by atoms with Crippen molar-refractivity contribution in [2.45, 2.75) is 12.5 Å². The minimum Gasteiger partial charge on any atom is -0.438 e. The Morgan fingerprint density at radius 1 is 1.29 bits per heavy atom. The number of fused-ring (bicyclic) bond motifs is 3. The van der Waals surface area contributed by atoms with Crippen LogP contribution in [-0.4, -0.2) is 24.3 Å². The van der Waals surface area contributed by atoms with Crippen LogP contribution in [0.4, 0.5) is 0 Å². The molecule has 0 spiro atoms. The van der Waals surface area contributed by atoms with Crippen LogP contribution < -0.4 is 10.1 Å². The molecule has 0 aromatic heterocycles. The summed E-state index contributed by atoms with van der Waals surface area (Å²) in [4.78, 5) is 16.1. The highest BCUT2D eigenvalue weighted by Crippen LogP contribution is 2.31. The number of benzene rings is 1. The van der Waals surface area contributed by atoms with Gasteiger partial charge in [0.25, 0.3) is 5.91 Å². The van der Waals surface area contributed by atoms with Gasteiger partial charge in [-0.15, -0.1) is 0 Å². The van der Waals surface area contributed by atoms with Gasteiger partial charge in [-0.3, -0.25) is 4.79 Å². The fourth-order valence-corrected chi connectivity index (χ4v) is 1.96. The topological polar surface area (TPSA) is 63.2 Å². The SMILES string of the molecule is O=C1NC2OC2N=C2Oc3ccccc3C=C12. The molecule has 1 saturated heterocycles. The van der Waals surface area contributed by atoms with Crippen molar-refractivity contribution in [1.82, 2.24) is 5.32 Å². The van der Waals surface area contributed by atoms with E-state index in [1.807, 2.05) is 24.3 Å². The maximum absolute atomic E-state index is 11.9. The van der Waals surface area contributed by atoms with Gasteiger partial charge in [0.15, 0.2) is 12.5 Å². The Bertz CT molecular complexity index is 591. The lowest BCUT2D eigenvalue weighted by Gasteiger charge is -2.17. The number of carbonyl (C=O) groups excluding carboxylic acids is 1. The summed E-state index contributed by atoms with van der Waals surface area (Å²) in [5.41, 5.74) is 1.34. The molecule has 0 radical (unpaired) electrons. The number of ether oxygens (including phenoxy) is 2. The average Bonchev–Trinajstić information content (AvgIpc) is 3.06. The van der Waals surface area contributed by atoms with Gasteiger partial charge in [-0.05, 0) is 12.1 Å². The summed E-state index contributed by atoms with van der Waals surface area (Å²) in [5.74, 6) is 0.844. The van der Waals surface area contributed by atoms with Crippen molar-refractivity contribution < 1.29 is 14.3 Å². The Morgan fingerprint density at radius 3 is 3.12 bits per heavy atom. The number of para-hydroxylation sites is 1. The van der Waals surface area contributed by atoms with Crippen molar-refractivity contribution in [2.75, 3.05) is 0 Å². The molecule has 5 heteroatoms. The van der Waals surface area contributed by atoms with Crippen molar-refractivity contribution in [2.24, 2.45) is 4.99 Å². The molecule has 0 saturated carbocycles. The number of nitrogens with one attached hydrogen (secondary N) is 1. The van der Waals surface area contributed by atoms with Crippen LogP contribution in [0.1, 0.15) is 5.56 Å². The third-order valence-electron chi connectivity index (χ3n) is 2.89. The van der Waals surface area contributed by atoms with Gasteiger partial charge in [-0.2, -0.15) is 0 Å². The molecule has 17 heavy (non-hydrogen) atoms. The Hall–Kier alpha value is -2.14. The number of nitrogens with zero attached hydrogens (tertiary/aromatic N) is 1. The summed E-state index contributed by atoms with van der Waals surface area (Å²) in [6, 6.07) is 7.52. The molecule has 1 aromatic rings. The van der Waals surface area contributed by atoms with Gasteiger partial charge in [0.2, 0.25) is 5.90 Å². The molecule has 3 heterocycles. The first-order valence-electron chi connectivity index (χ1n) is 5.34. The van der Waals surface area contributed by atoms with E-state index in [0.29, 0.717) is 17.2 Å². The van der Waals surface area contributed by atoms with Crippen molar-refractivity contribution in [1.29, 1.82) is 0 Å². The van der Waals surface area contributed by atoms with E-state index in [-0.39, 0.29) is 18.4 Å². The Labute approximate surface area is 96.7 Å². The number of aliphatic imine (C=N–C) groups is 1. The maximum Gasteiger partial charge on any atom is 0.258 e. The molecule has 84 valence electrons. The molecule has 2 atom stereocenters. The van der Waals surface area contributed by atoms with Crippen molar-refractivity contribution in [3.63, 3.8) is 0 Å². The average molecular weight is 228 g/mol. The zero-order chi connectivity index (χ0) is 11.4. The van der Waals surface area contributed by atoms with Crippen LogP contribution in [0.2, 0.25) is 0 Å². The number of hydrogen-bond donors (Lipinski definition) is 1. The van der Waals surface area contributed by atoms with Gasteiger partial charge < -0.3 is 14.8 Å². The van der Waals surface area contributed by atoms with Crippen LogP contribution in [0.25, 0.3) is 6.08 Å². The maximum atomic E-state index is 11.9. The Morgan fingerprint density at radius 2 is 2.18 bits per heavy atom. The second kappa shape index (κ2) is 2.95. The first kappa shape index (κ1) is 8.95. The minimum atomic E-state index is -0.301. The van der Waals surface area contributed by atoms with Gasteiger partial charge >= 0.3 is 0 Å². The molecule has 3 aliphatic heterocycles. The normalized spacial score (nSPS) is 28.4. The van der Waals surface area contributed by atoms with Crippen molar-refractivity contribution >= 4 is 17.9 Å². The van der Waals surface area contributed by atoms with E-state index in [9.17, 15) is 4.79 Å². The van der Waals surface area contributed by atoms with Gasteiger partial charge in [0.05, 0.1) is 0 Å². The zero-order valence-corrected chi connectivity index (χ0v) is 8.71. The monoisotopic (exact) mass is 228 g/mol. The molecule has 1 amide bonds. The summed E-state index contributed by atoms with van der Waals surface area (Å²) in [7, 11) is 0. The highest BCUT2D eigenvalue weighted by Gasteiger charge is 2.45. The Kier molecular flexibility index (Phi) is 1.55. The van der Waals surface area contributed by atoms with Crippen molar-refractivity contribution in [3.05, 3.63) is 35.4 Å². The van der Waals surface area contributed by atoms with E-state index in [2.05, 4.69) is 10.3 Å². The van der Waals surface area contributed by atoms with E-state index in [1.54, 1.807) is 6.08 Å². The zero-order valence-electron chi connectivity index (χ0n) is 8.71. The highest BCUT2D eigenvalue weighted by atomic mass is 16.6. The number of hydrogen-bond acceptors (Lipinski definition) is 4. The fraction of sp³-hybridized carbons (Fsp3) is 0.167. The lowest BCUT2D eigenvalue weighted by molar-refractivity contribution is -0.117. The van der Waals surface area contributed by atoms with E-state index >= 15 is 0 Å². The Balaban J connectivity index is 1.88. The molecule has 0 bridgehead atoms. The second-order valence-electron chi connectivity index (χ2n) is 4.05. The van der Waals surface area contributed by atoms with E-state index in [4.69, 9.17) is 9.47 Å². The van der Waals surface area contributed by atoms with Crippen LogP contribution in [0.5, 0.6) is 5.75 Å². The number of carbonyl (C=O) groups is 1. The first-order valence-corrected chi connectivity index (χ1v) is 5.34. The van der Waals surface area contributed by atoms with Crippen LogP contribution in [0.3, 0.4) is 0 Å². The number of rotatable bonds is 0. The highest BCUT2D eigenvalue weighted by molar-refractivity contribution is 6.24. The summed E-state index contributed by atoms with van der Waals surface area (Å²) >= 11 is 0. The van der Waals surface area contributed by atoms with Gasteiger partial charge in [-0.25, -0.2) is 4.99 Å². The van der Waals surface area contributed by atoms with Gasteiger partial charge in [0.1, 0.15) is 11.3 Å². The van der Waals surface area contributed by atoms with E-state index in [0.717, 1.165) is 5.56 Å². The molecular weight excluding hydrogens is 220 g/mol. The summed E-state index contributed by atoms with van der Waals surface area (Å²) in [5, 5.41) is 2.72. The van der Waals surface area contributed by atoms with Crippen LogP contribution in [0.15, 0.2) is 34.8 Å². The first-order chi connectivity index (χ1) is 8.31. The summed E-state index contributed by atoms with van der Waals surface area (Å²) in [6.07, 6.45) is 1.19. The second-order valence-corrected chi connectivity index (χ2v) is 4.05. The lowest BCUT2D eigenvalue weighted by Crippen LogP contribution is -2.31. The minimum absolute atomic E-state index is 0.205.